The lowest BCUT2D eigenvalue weighted by molar-refractivity contribution is 0.450. The van der Waals surface area contributed by atoms with Crippen molar-refractivity contribution in [2.45, 2.75) is 26.4 Å². The Labute approximate surface area is 127 Å². The van der Waals surface area contributed by atoms with Gasteiger partial charge in [0.15, 0.2) is 0 Å². The predicted molar refractivity (Wildman–Crippen MR) is 85.4 cm³/mol. The zero-order valence-electron chi connectivity index (χ0n) is 11.1. The molecule has 1 heterocycles. The van der Waals surface area contributed by atoms with Gasteiger partial charge in [-0.2, -0.15) is 0 Å². The first kappa shape index (κ1) is 14.3. The van der Waals surface area contributed by atoms with Crippen molar-refractivity contribution in [1.82, 2.24) is 10.3 Å². The summed E-state index contributed by atoms with van der Waals surface area (Å²) in [4.78, 5) is 4.31. The van der Waals surface area contributed by atoms with Crippen LogP contribution in [0.15, 0.2) is 42.6 Å². The topological polar surface area (TPSA) is 34.2 Å². The lowest BCUT2D eigenvalue weighted by Crippen LogP contribution is -2.22. The average Bonchev–Trinajstić information content (AvgIpc) is 2.40. The number of ether oxygens (including phenoxy) is 1. The summed E-state index contributed by atoms with van der Waals surface area (Å²) in [5.74, 6) is 1.47. The average molecular weight is 368 g/mol. The van der Waals surface area contributed by atoms with Gasteiger partial charge in [0.2, 0.25) is 5.88 Å². The first-order chi connectivity index (χ1) is 9.15. The van der Waals surface area contributed by atoms with Crippen LogP contribution >= 0.6 is 22.6 Å². The van der Waals surface area contributed by atoms with Gasteiger partial charge in [0, 0.05) is 27.9 Å². The summed E-state index contributed by atoms with van der Waals surface area (Å²) in [5, 5.41) is 3.38. The Kier molecular flexibility index (Phi) is 5.15. The van der Waals surface area contributed by atoms with Gasteiger partial charge in [0.25, 0.3) is 0 Å². The van der Waals surface area contributed by atoms with E-state index in [-0.39, 0.29) is 0 Å². The molecule has 0 saturated carbocycles. The smallest absolute Gasteiger partial charge is 0.223 e. The number of pyridine rings is 1. The monoisotopic (exact) mass is 368 g/mol. The summed E-state index contributed by atoms with van der Waals surface area (Å²) >= 11 is 2.27. The molecule has 0 aliphatic rings. The Bertz CT molecular complexity index is 526. The highest BCUT2D eigenvalue weighted by atomic mass is 127. The van der Waals surface area contributed by atoms with E-state index >= 15 is 0 Å². The molecule has 0 amide bonds. The summed E-state index contributed by atoms with van der Waals surface area (Å²) in [7, 11) is 0. The zero-order valence-corrected chi connectivity index (χ0v) is 13.2. The van der Waals surface area contributed by atoms with Crippen molar-refractivity contribution < 1.29 is 4.74 Å². The molecule has 2 rings (SSSR count). The summed E-state index contributed by atoms with van der Waals surface area (Å²) in [6, 6.07) is 12.3. The van der Waals surface area contributed by atoms with Crippen molar-refractivity contribution in [2.75, 3.05) is 0 Å². The minimum absolute atomic E-state index is 0.436. The van der Waals surface area contributed by atoms with Gasteiger partial charge in [-0.3, -0.25) is 0 Å². The van der Waals surface area contributed by atoms with Crippen LogP contribution in [0.4, 0.5) is 0 Å². The molecule has 0 saturated heterocycles. The highest BCUT2D eigenvalue weighted by molar-refractivity contribution is 14.1. The normalized spacial score (nSPS) is 10.7. The molecule has 0 radical (unpaired) electrons. The van der Waals surface area contributed by atoms with Gasteiger partial charge in [0.05, 0.1) is 0 Å². The van der Waals surface area contributed by atoms with Gasteiger partial charge in [-0.1, -0.05) is 19.9 Å². The third-order valence-corrected chi connectivity index (χ3v) is 3.30. The maximum atomic E-state index is 5.84. The molecule has 19 heavy (non-hydrogen) atoms. The lowest BCUT2D eigenvalue weighted by atomic mass is 10.2. The fourth-order valence-corrected chi connectivity index (χ4v) is 1.94. The molecule has 0 spiro atoms. The largest absolute Gasteiger partial charge is 0.439 e. The van der Waals surface area contributed by atoms with Crippen LogP contribution < -0.4 is 10.1 Å². The van der Waals surface area contributed by atoms with Crippen LogP contribution in [-0.4, -0.2) is 11.0 Å². The van der Waals surface area contributed by atoms with Crippen LogP contribution in [0.2, 0.25) is 0 Å². The van der Waals surface area contributed by atoms with E-state index in [9.17, 15) is 0 Å². The highest BCUT2D eigenvalue weighted by Crippen LogP contribution is 2.23. The van der Waals surface area contributed by atoms with E-state index in [1.54, 1.807) is 6.20 Å². The highest BCUT2D eigenvalue weighted by Gasteiger charge is 2.06. The van der Waals surface area contributed by atoms with E-state index in [0.29, 0.717) is 11.9 Å². The predicted octanol–water partition coefficient (Wildman–Crippen LogP) is 3.98. The number of rotatable bonds is 5. The van der Waals surface area contributed by atoms with Crippen molar-refractivity contribution in [3.8, 4) is 11.6 Å². The third-order valence-electron chi connectivity index (χ3n) is 2.58. The summed E-state index contributed by atoms with van der Waals surface area (Å²) in [5.41, 5.74) is 1.06. The molecule has 4 heteroatoms. The van der Waals surface area contributed by atoms with Crippen molar-refractivity contribution in [3.05, 3.63) is 51.7 Å². The van der Waals surface area contributed by atoms with Gasteiger partial charge in [-0.25, -0.2) is 4.98 Å². The third kappa shape index (κ3) is 4.47. The molecule has 2 aromatic rings. The van der Waals surface area contributed by atoms with Gasteiger partial charge in [-0.15, -0.1) is 0 Å². The molecule has 1 aromatic heterocycles. The summed E-state index contributed by atoms with van der Waals surface area (Å²) in [6.07, 6.45) is 1.75. The SMILES string of the molecule is CC(C)NCc1cccnc1Oc1ccc(I)cc1. The van der Waals surface area contributed by atoms with Crippen LogP contribution in [0.5, 0.6) is 11.6 Å². The van der Waals surface area contributed by atoms with E-state index in [4.69, 9.17) is 4.74 Å². The Hall–Kier alpha value is -1.14. The second-order valence-corrected chi connectivity index (χ2v) is 5.80. The Morgan fingerprint density at radius 1 is 1.21 bits per heavy atom. The fourth-order valence-electron chi connectivity index (χ4n) is 1.58. The lowest BCUT2D eigenvalue weighted by Gasteiger charge is -2.12. The number of benzene rings is 1. The number of hydrogen-bond acceptors (Lipinski definition) is 3. The molecule has 0 unspecified atom stereocenters. The number of nitrogens with zero attached hydrogens (tertiary/aromatic N) is 1. The molecule has 0 aliphatic carbocycles. The van der Waals surface area contributed by atoms with Gasteiger partial charge >= 0.3 is 0 Å². The zero-order chi connectivity index (χ0) is 13.7. The van der Waals surface area contributed by atoms with E-state index in [0.717, 1.165) is 17.9 Å². The minimum Gasteiger partial charge on any atom is -0.439 e. The minimum atomic E-state index is 0.436. The van der Waals surface area contributed by atoms with E-state index in [1.165, 1.54) is 3.57 Å². The molecule has 100 valence electrons. The first-order valence-electron chi connectivity index (χ1n) is 6.26. The first-order valence-corrected chi connectivity index (χ1v) is 7.33. The van der Waals surface area contributed by atoms with E-state index in [2.05, 4.69) is 46.7 Å². The van der Waals surface area contributed by atoms with Crippen LogP contribution in [0, 0.1) is 3.57 Å². The van der Waals surface area contributed by atoms with Crippen molar-refractivity contribution in [1.29, 1.82) is 0 Å². The van der Waals surface area contributed by atoms with Crippen LogP contribution in [0.25, 0.3) is 0 Å². The number of hydrogen-bond donors (Lipinski definition) is 1. The van der Waals surface area contributed by atoms with Crippen LogP contribution in [-0.2, 0) is 6.54 Å². The number of aromatic nitrogens is 1. The maximum absolute atomic E-state index is 5.84. The molecule has 0 fully saturated rings. The fraction of sp³-hybridized carbons (Fsp3) is 0.267. The Morgan fingerprint density at radius 3 is 2.63 bits per heavy atom. The number of halogens is 1. The standard InChI is InChI=1S/C15H17IN2O/c1-11(2)18-10-12-4-3-9-17-15(12)19-14-7-5-13(16)6-8-14/h3-9,11,18H,10H2,1-2H3. The molecule has 3 nitrogen and oxygen atoms in total. The summed E-state index contributed by atoms with van der Waals surface area (Å²) < 4.78 is 7.03. The van der Waals surface area contributed by atoms with Crippen LogP contribution in [0.3, 0.4) is 0 Å². The number of nitrogens with one attached hydrogen (secondary N) is 1. The van der Waals surface area contributed by atoms with Crippen molar-refractivity contribution in [3.63, 3.8) is 0 Å². The summed E-state index contributed by atoms with van der Waals surface area (Å²) in [6.45, 7) is 5.00. The molecule has 0 aliphatic heterocycles. The molecule has 0 atom stereocenters. The second kappa shape index (κ2) is 6.86. The Morgan fingerprint density at radius 2 is 1.95 bits per heavy atom. The molecular formula is C15H17IN2O. The van der Waals surface area contributed by atoms with E-state index < -0.39 is 0 Å². The van der Waals surface area contributed by atoms with Gasteiger partial charge < -0.3 is 10.1 Å². The maximum Gasteiger partial charge on any atom is 0.223 e. The van der Waals surface area contributed by atoms with Gasteiger partial charge in [-0.05, 0) is 52.9 Å². The molecule has 1 N–H and O–H groups in total. The molecule has 0 bridgehead atoms. The Balaban J connectivity index is 2.13. The van der Waals surface area contributed by atoms with Crippen LogP contribution in [0.1, 0.15) is 19.4 Å². The van der Waals surface area contributed by atoms with Crippen molar-refractivity contribution in [2.24, 2.45) is 0 Å². The van der Waals surface area contributed by atoms with Gasteiger partial charge in [0.1, 0.15) is 5.75 Å². The van der Waals surface area contributed by atoms with E-state index in [1.807, 2.05) is 36.4 Å². The quantitative estimate of drug-likeness (QED) is 0.811. The molecule has 1 aromatic carbocycles. The molecular weight excluding hydrogens is 351 g/mol. The van der Waals surface area contributed by atoms with Crippen molar-refractivity contribution >= 4 is 22.6 Å². The second-order valence-electron chi connectivity index (χ2n) is 4.56.